The summed E-state index contributed by atoms with van der Waals surface area (Å²) in [5.41, 5.74) is 0.855. The molecule has 0 bridgehead atoms. The van der Waals surface area contributed by atoms with Crippen LogP contribution < -0.4 is 5.32 Å². The summed E-state index contributed by atoms with van der Waals surface area (Å²) >= 11 is 2.29. The second-order valence-corrected chi connectivity index (χ2v) is 10.6. The van der Waals surface area contributed by atoms with E-state index in [2.05, 4.69) is 32.1 Å². The molecule has 1 unspecified atom stereocenters. The molecular weight excluding hydrogens is 404 g/mol. The molecule has 0 spiro atoms. The second-order valence-electron chi connectivity index (χ2n) is 6.91. The van der Waals surface area contributed by atoms with Crippen molar-refractivity contribution < 1.29 is 19.4 Å². The van der Waals surface area contributed by atoms with Crippen LogP contribution in [0, 0.1) is 5.92 Å². The first-order chi connectivity index (χ1) is 11.9. The van der Waals surface area contributed by atoms with Gasteiger partial charge in [-0.15, -0.1) is 0 Å². The number of amides is 1. The van der Waals surface area contributed by atoms with Crippen LogP contribution in [0.25, 0.3) is 0 Å². The normalized spacial score (nSPS) is 20.6. The fourth-order valence-electron chi connectivity index (χ4n) is 3.28. The van der Waals surface area contributed by atoms with Crippen LogP contribution in [0.3, 0.4) is 0 Å². The van der Waals surface area contributed by atoms with Gasteiger partial charge in [0, 0.05) is 0 Å². The number of nitrogens with zero attached hydrogens (tertiary/aromatic N) is 1. The van der Waals surface area contributed by atoms with Gasteiger partial charge in [-0.25, -0.2) is 0 Å². The number of nitrogens with one attached hydrogen (secondary N) is 2. The number of hydrogen-bond donors (Lipinski definition) is 4. The number of aliphatic hydroxyl groups is 1. The molecule has 4 N–H and O–H groups in total. The van der Waals surface area contributed by atoms with Gasteiger partial charge in [0.25, 0.3) is 0 Å². The van der Waals surface area contributed by atoms with Crippen molar-refractivity contribution in [3.8, 4) is 0 Å². The van der Waals surface area contributed by atoms with Crippen LogP contribution in [0.5, 0.6) is 0 Å². The molecule has 1 aromatic heterocycles. The third kappa shape index (κ3) is 7.65. The van der Waals surface area contributed by atoms with Gasteiger partial charge < -0.3 is 0 Å². The number of aliphatic hydroxyl groups excluding tert-OH is 1. The zero-order valence-electron chi connectivity index (χ0n) is 14.3. The number of aromatic nitrogens is 2. The molecule has 0 aromatic carbocycles. The van der Waals surface area contributed by atoms with Gasteiger partial charge in [0.15, 0.2) is 0 Å². The summed E-state index contributed by atoms with van der Waals surface area (Å²) in [5, 5.41) is 12.7. The van der Waals surface area contributed by atoms with Crippen molar-refractivity contribution in [1.82, 2.24) is 15.3 Å². The topological polar surface area (TPSA) is 115 Å². The number of rotatable bonds is 9. The number of carbonyl (C=O) groups is 1. The number of H-pyrrole nitrogens is 1. The van der Waals surface area contributed by atoms with E-state index >= 15 is 0 Å². The van der Waals surface area contributed by atoms with Crippen LogP contribution >= 0.6 is 7.37 Å². The van der Waals surface area contributed by atoms with E-state index in [1.807, 2.05) is 0 Å². The van der Waals surface area contributed by atoms with E-state index in [0.717, 1.165) is 31.4 Å². The molecule has 0 saturated heterocycles. The van der Waals surface area contributed by atoms with Gasteiger partial charge in [0.2, 0.25) is 0 Å². The summed E-state index contributed by atoms with van der Waals surface area (Å²) in [6, 6.07) is 0. The summed E-state index contributed by atoms with van der Waals surface area (Å²) in [5.74, 6) is 0.0757. The summed E-state index contributed by atoms with van der Waals surface area (Å²) < 4.78 is 12.0. The first-order valence-corrected chi connectivity index (χ1v) is 11.9. The predicted molar refractivity (Wildman–Crippen MR) is 96.9 cm³/mol. The van der Waals surface area contributed by atoms with Crippen molar-refractivity contribution in [3.05, 3.63) is 18.2 Å². The van der Waals surface area contributed by atoms with Crippen molar-refractivity contribution in [1.29, 1.82) is 0 Å². The van der Waals surface area contributed by atoms with E-state index < -0.39 is 13.5 Å². The van der Waals surface area contributed by atoms with Crippen molar-refractivity contribution >= 4 is 30.1 Å². The number of imidazole rings is 1. The van der Waals surface area contributed by atoms with E-state index in [1.54, 1.807) is 12.5 Å². The van der Waals surface area contributed by atoms with Crippen LogP contribution in [0.1, 0.15) is 37.8 Å². The minimum atomic E-state index is -3.37. The van der Waals surface area contributed by atoms with Gasteiger partial charge in [-0.05, 0) is 0 Å². The monoisotopic (exact) mass is 431 g/mol. The van der Waals surface area contributed by atoms with Crippen LogP contribution in [-0.2, 0) is 15.8 Å². The van der Waals surface area contributed by atoms with Crippen molar-refractivity contribution in [2.75, 3.05) is 18.9 Å². The molecule has 2 radical (unpaired) electrons. The van der Waals surface area contributed by atoms with Gasteiger partial charge in [0.1, 0.15) is 0 Å². The van der Waals surface area contributed by atoms with Crippen molar-refractivity contribution in [2.45, 2.75) is 49.3 Å². The fourth-order valence-corrected chi connectivity index (χ4v) is 5.99. The molecule has 2 rings (SSSR count). The average Bonchev–Trinajstić information content (AvgIpc) is 3.05. The standard InChI is InChI=1S/C16H27AsN3O4P/c17-15(6-13-7-18-11-20-13)16(22)19-8-14(21)10-25(23,24)9-12-4-2-1-3-5-12/h7,11-12,14-15,21H,1-6,8-10H2,(H,18,20)(H,19,22)(H,23,24)/t14-,15-/m0/s1. The molecule has 140 valence electrons. The summed E-state index contributed by atoms with van der Waals surface area (Å²) in [6.07, 6.45) is 8.29. The predicted octanol–water partition coefficient (Wildman–Crippen LogP) is 1.24. The van der Waals surface area contributed by atoms with Crippen LogP contribution in [0.15, 0.2) is 12.5 Å². The molecule has 1 fully saturated rings. The molecule has 1 amide bonds. The summed E-state index contributed by atoms with van der Waals surface area (Å²) in [6.45, 7) is -0.00864. The zero-order chi connectivity index (χ0) is 18.3. The van der Waals surface area contributed by atoms with E-state index in [4.69, 9.17) is 0 Å². The molecular formula is C16H27AsN3O4P. The van der Waals surface area contributed by atoms with E-state index in [9.17, 15) is 19.4 Å². The van der Waals surface area contributed by atoms with Gasteiger partial charge in [-0.1, -0.05) is 0 Å². The third-order valence-corrected chi connectivity index (χ3v) is 7.50. The average molecular weight is 431 g/mol. The molecule has 1 aliphatic carbocycles. The van der Waals surface area contributed by atoms with E-state index in [0.29, 0.717) is 6.42 Å². The Morgan fingerprint density at radius 1 is 1.44 bits per heavy atom. The summed E-state index contributed by atoms with van der Waals surface area (Å²) in [7, 11) is -3.37. The van der Waals surface area contributed by atoms with E-state index in [1.165, 1.54) is 6.42 Å². The Morgan fingerprint density at radius 2 is 2.16 bits per heavy atom. The Kier molecular flexibility index (Phi) is 8.21. The maximum atomic E-state index is 12.4. The fraction of sp³-hybridized carbons (Fsp3) is 0.750. The maximum absolute atomic E-state index is 12.4. The van der Waals surface area contributed by atoms with Gasteiger partial charge in [0.05, 0.1) is 0 Å². The molecule has 1 heterocycles. The zero-order valence-corrected chi connectivity index (χ0v) is 17.1. The Balaban J connectivity index is 1.70. The van der Waals surface area contributed by atoms with Crippen LogP contribution in [-0.4, -0.2) is 67.7 Å². The Bertz CT molecular complexity index is 578. The molecule has 1 aliphatic rings. The summed E-state index contributed by atoms with van der Waals surface area (Å²) in [4.78, 5) is 29.0. The molecule has 9 heteroatoms. The Morgan fingerprint density at radius 3 is 2.80 bits per heavy atom. The molecule has 1 saturated carbocycles. The number of aromatic amines is 1. The molecule has 0 aliphatic heterocycles. The first-order valence-electron chi connectivity index (χ1n) is 8.77. The Hall–Kier alpha value is -0.612. The number of carbonyl (C=O) groups excluding carboxylic acids is 1. The Labute approximate surface area is 157 Å². The SMILES string of the molecule is O=C(NC[C@H](O)CP(=O)(O)CC1CCCCC1)[C@@H]([As])Cc1cnc[nH]1. The second kappa shape index (κ2) is 9.91. The van der Waals surface area contributed by atoms with Crippen LogP contribution in [0.2, 0.25) is 4.71 Å². The molecule has 1 aromatic rings. The molecule has 7 nitrogen and oxygen atoms in total. The molecule has 3 atom stereocenters. The third-order valence-electron chi connectivity index (χ3n) is 4.55. The van der Waals surface area contributed by atoms with Gasteiger partial charge >= 0.3 is 157 Å². The van der Waals surface area contributed by atoms with Gasteiger partial charge in [-0.2, -0.15) is 0 Å². The molecule has 25 heavy (non-hydrogen) atoms. The van der Waals surface area contributed by atoms with E-state index in [-0.39, 0.29) is 35.4 Å². The van der Waals surface area contributed by atoms with Crippen molar-refractivity contribution in [2.24, 2.45) is 5.92 Å². The number of hydrogen-bond acceptors (Lipinski definition) is 4. The van der Waals surface area contributed by atoms with Crippen LogP contribution in [0.4, 0.5) is 0 Å². The van der Waals surface area contributed by atoms with Gasteiger partial charge in [-0.3, -0.25) is 0 Å². The quantitative estimate of drug-likeness (QED) is 0.347. The minimum absolute atomic E-state index is 0.00864. The first kappa shape index (κ1) is 20.7. The van der Waals surface area contributed by atoms with Crippen molar-refractivity contribution in [3.63, 3.8) is 0 Å².